The molecule has 0 bridgehead atoms. The second kappa shape index (κ2) is 6.47. The Kier molecular flexibility index (Phi) is 4.93. The highest BCUT2D eigenvalue weighted by atomic mass is 16.5. The number of anilines is 1. The molecular weight excluding hydrogens is 222 g/mol. The average molecular weight is 237 g/mol. The number of ether oxygens (including phenoxy) is 1. The Labute approximate surface area is 99.4 Å². The molecule has 6 nitrogen and oxygen atoms in total. The number of amides is 2. The van der Waals surface area contributed by atoms with E-state index in [2.05, 4.69) is 20.4 Å². The lowest BCUT2D eigenvalue weighted by Gasteiger charge is -2.07. The molecule has 6 heteroatoms. The number of pyridine rings is 1. The molecule has 0 atom stereocenters. The minimum atomic E-state index is -0.379. The van der Waals surface area contributed by atoms with Crippen LogP contribution in [0.25, 0.3) is 0 Å². The van der Waals surface area contributed by atoms with Crippen LogP contribution in [0.2, 0.25) is 0 Å². The molecular formula is C11H15N3O3. The summed E-state index contributed by atoms with van der Waals surface area (Å²) in [6.45, 7) is 3.57. The third-order valence-corrected chi connectivity index (χ3v) is 1.82. The van der Waals surface area contributed by atoms with E-state index in [1.165, 1.54) is 6.92 Å². The molecule has 1 aromatic heterocycles. The van der Waals surface area contributed by atoms with Crippen molar-refractivity contribution in [3.8, 4) is 0 Å². The Morgan fingerprint density at radius 2 is 2.18 bits per heavy atom. The lowest BCUT2D eigenvalue weighted by atomic mass is 10.4. The summed E-state index contributed by atoms with van der Waals surface area (Å²) in [5, 5.41) is 5.11. The van der Waals surface area contributed by atoms with Crippen molar-refractivity contribution in [2.45, 2.75) is 13.8 Å². The predicted molar refractivity (Wildman–Crippen MR) is 62.6 cm³/mol. The molecule has 0 saturated heterocycles. The van der Waals surface area contributed by atoms with Gasteiger partial charge < -0.3 is 10.1 Å². The van der Waals surface area contributed by atoms with Gasteiger partial charge in [-0.3, -0.25) is 10.1 Å². The zero-order valence-electron chi connectivity index (χ0n) is 9.82. The van der Waals surface area contributed by atoms with Gasteiger partial charge in [-0.1, -0.05) is 6.07 Å². The lowest BCUT2D eigenvalue weighted by Crippen LogP contribution is -2.32. The summed E-state index contributed by atoms with van der Waals surface area (Å²) in [5.74, 6) is 0.113. The molecule has 0 saturated carbocycles. The first kappa shape index (κ1) is 13.0. The van der Waals surface area contributed by atoms with Crippen LogP contribution in [0.4, 0.5) is 10.6 Å². The maximum absolute atomic E-state index is 11.4. The van der Waals surface area contributed by atoms with Crippen molar-refractivity contribution in [1.29, 1.82) is 0 Å². The molecule has 92 valence electrons. The number of urea groups is 1. The summed E-state index contributed by atoms with van der Waals surface area (Å²) in [5.41, 5.74) is 0.822. The third-order valence-electron chi connectivity index (χ3n) is 1.82. The van der Waals surface area contributed by atoms with Gasteiger partial charge in [-0.15, -0.1) is 0 Å². The normalized spacial score (nSPS) is 9.53. The maximum Gasteiger partial charge on any atom is 0.320 e. The fourth-order valence-electron chi connectivity index (χ4n) is 1.13. The highest BCUT2D eigenvalue weighted by Gasteiger charge is 2.02. The molecule has 2 N–H and O–H groups in total. The number of nitrogens with zero attached hydrogens (tertiary/aromatic N) is 1. The number of carbonyl (C=O) groups is 2. The van der Waals surface area contributed by atoms with Gasteiger partial charge in [0.1, 0.15) is 12.4 Å². The summed E-state index contributed by atoms with van der Waals surface area (Å²) in [4.78, 5) is 25.9. The average Bonchev–Trinajstić information content (AvgIpc) is 2.24. The van der Waals surface area contributed by atoms with E-state index in [0.717, 1.165) is 5.69 Å². The second-order valence-electron chi connectivity index (χ2n) is 3.39. The molecule has 1 rings (SSSR count). The molecule has 2 amide bonds. The summed E-state index contributed by atoms with van der Waals surface area (Å²) in [7, 11) is 0. The molecule has 0 aliphatic heterocycles. The van der Waals surface area contributed by atoms with Gasteiger partial charge in [0.15, 0.2) is 0 Å². The standard InChI is InChI=1S/C11H15N3O3/c1-8-4-3-5-10(13-8)14-11(16)12-6-7-17-9(2)15/h3-5H,6-7H2,1-2H3,(H2,12,13,14,16). The number of hydrogen-bond donors (Lipinski definition) is 2. The Balaban J connectivity index is 2.27. The van der Waals surface area contributed by atoms with Crippen molar-refractivity contribution in [2.24, 2.45) is 0 Å². The molecule has 0 unspecified atom stereocenters. The van der Waals surface area contributed by atoms with Crippen LogP contribution in [-0.2, 0) is 9.53 Å². The zero-order valence-corrected chi connectivity index (χ0v) is 9.82. The highest BCUT2D eigenvalue weighted by Crippen LogP contribution is 2.02. The molecule has 17 heavy (non-hydrogen) atoms. The van der Waals surface area contributed by atoms with Crippen LogP contribution in [0, 0.1) is 6.92 Å². The second-order valence-corrected chi connectivity index (χ2v) is 3.39. The largest absolute Gasteiger partial charge is 0.464 e. The van der Waals surface area contributed by atoms with Crippen molar-refractivity contribution >= 4 is 17.8 Å². The van der Waals surface area contributed by atoms with Crippen molar-refractivity contribution < 1.29 is 14.3 Å². The SMILES string of the molecule is CC(=O)OCCNC(=O)Nc1cccc(C)n1. The maximum atomic E-state index is 11.4. The van der Waals surface area contributed by atoms with E-state index in [9.17, 15) is 9.59 Å². The zero-order chi connectivity index (χ0) is 12.7. The van der Waals surface area contributed by atoms with Gasteiger partial charge in [0.05, 0.1) is 6.54 Å². The van der Waals surface area contributed by atoms with E-state index in [1.54, 1.807) is 12.1 Å². The van der Waals surface area contributed by atoms with Crippen LogP contribution < -0.4 is 10.6 Å². The van der Waals surface area contributed by atoms with Crippen molar-refractivity contribution in [3.63, 3.8) is 0 Å². The molecule has 0 aromatic carbocycles. The van der Waals surface area contributed by atoms with Crippen molar-refractivity contribution in [1.82, 2.24) is 10.3 Å². The Bertz CT molecular complexity index is 407. The number of carbonyl (C=O) groups excluding carboxylic acids is 2. The lowest BCUT2D eigenvalue weighted by molar-refractivity contribution is -0.140. The van der Waals surface area contributed by atoms with Gasteiger partial charge >= 0.3 is 12.0 Å². The fraction of sp³-hybridized carbons (Fsp3) is 0.364. The van der Waals surface area contributed by atoms with Crippen molar-refractivity contribution in [3.05, 3.63) is 23.9 Å². The molecule has 0 fully saturated rings. The predicted octanol–water partition coefficient (Wildman–Crippen LogP) is 1.07. The van der Waals surface area contributed by atoms with Crippen molar-refractivity contribution in [2.75, 3.05) is 18.5 Å². The number of hydrogen-bond acceptors (Lipinski definition) is 4. The summed E-state index contributed by atoms with van der Waals surface area (Å²) < 4.78 is 4.66. The molecule has 0 radical (unpaired) electrons. The van der Waals surface area contributed by atoms with Gasteiger partial charge in [-0.25, -0.2) is 9.78 Å². The topological polar surface area (TPSA) is 80.3 Å². The van der Waals surface area contributed by atoms with E-state index < -0.39 is 0 Å². The van der Waals surface area contributed by atoms with E-state index in [1.807, 2.05) is 13.0 Å². The first-order chi connectivity index (χ1) is 8.08. The first-order valence-corrected chi connectivity index (χ1v) is 5.20. The van der Waals surface area contributed by atoms with Gasteiger partial charge in [0.25, 0.3) is 0 Å². The van der Waals surface area contributed by atoms with Crippen LogP contribution in [-0.4, -0.2) is 30.1 Å². The third kappa shape index (κ3) is 5.50. The van der Waals surface area contributed by atoms with Crippen LogP contribution >= 0.6 is 0 Å². The molecule has 1 aromatic rings. The Morgan fingerprint density at radius 3 is 2.82 bits per heavy atom. The minimum absolute atomic E-state index is 0.157. The molecule has 1 heterocycles. The smallest absolute Gasteiger partial charge is 0.320 e. The van der Waals surface area contributed by atoms with Crippen LogP contribution in [0.15, 0.2) is 18.2 Å². The first-order valence-electron chi connectivity index (χ1n) is 5.20. The summed E-state index contributed by atoms with van der Waals surface area (Å²) in [6, 6.07) is 4.95. The monoisotopic (exact) mass is 237 g/mol. The fourth-order valence-corrected chi connectivity index (χ4v) is 1.13. The minimum Gasteiger partial charge on any atom is -0.464 e. The van der Waals surface area contributed by atoms with E-state index in [4.69, 9.17) is 0 Å². The van der Waals surface area contributed by atoms with E-state index in [0.29, 0.717) is 5.82 Å². The van der Waals surface area contributed by atoms with Gasteiger partial charge in [0.2, 0.25) is 0 Å². The number of esters is 1. The van der Waals surface area contributed by atoms with E-state index >= 15 is 0 Å². The Morgan fingerprint density at radius 1 is 1.41 bits per heavy atom. The molecule has 0 aliphatic carbocycles. The molecule has 0 aliphatic rings. The van der Waals surface area contributed by atoms with E-state index in [-0.39, 0.29) is 25.2 Å². The van der Waals surface area contributed by atoms with Gasteiger partial charge in [-0.2, -0.15) is 0 Å². The van der Waals surface area contributed by atoms with Gasteiger partial charge in [-0.05, 0) is 19.1 Å². The van der Waals surface area contributed by atoms with Gasteiger partial charge in [0, 0.05) is 12.6 Å². The quantitative estimate of drug-likeness (QED) is 0.606. The van der Waals surface area contributed by atoms with Crippen LogP contribution in [0.3, 0.4) is 0 Å². The number of aromatic nitrogens is 1. The highest BCUT2D eigenvalue weighted by molar-refractivity contribution is 5.88. The summed E-state index contributed by atoms with van der Waals surface area (Å²) in [6.07, 6.45) is 0. The molecule has 0 spiro atoms. The number of aryl methyl sites for hydroxylation is 1. The number of nitrogens with one attached hydrogen (secondary N) is 2. The van der Waals surface area contributed by atoms with Crippen LogP contribution in [0.1, 0.15) is 12.6 Å². The van der Waals surface area contributed by atoms with Crippen LogP contribution in [0.5, 0.6) is 0 Å². The number of rotatable bonds is 4. The summed E-state index contributed by atoms with van der Waals surface area (Å²) >= 11 is 0. The Hall–Kier alpha value is -2.11.